The van der Waals surface area contributed by atoms with Crippen molar-refractivity contribution in [1.29, 1.82) is 0 Å². The summed E-state index contributed by atoms with van der Waals surface area (Å²) in [5, 5.41) is 0. The number of nitrogens with zero attached hydrogens (tertiary/aromatic N) is 1. The lowest BCUT2D eigenvalue weighted by Gasteiger charge is -2.30. The fourth-order valence-electron chi connectivity index (χ4n) is 2.79. The van der Waals surface area contributed by atoms with E-state index >= 15 is 0 Å². The van der Waals surface area contributed by atoms with Gasteiger partial charge >= 0.3 is 0 Å². The molecule has 118 valence electrons. The van der Waals surface area contributed by atoms with Crippen molar-refractivity contribution in [3.63, 3.8) is 0 Å². The lowest BCUT2D eigenvalue weighted by atomic mass is 10.1. The van der Waals surface area contributed by atoms with E-state index in [2.05, 4.69) is 4.90 Å². The Labute approximate surface area is 132 Å². The van der Waals surface area contributed by atoms with Crippen LogP contribution in [0.15, 0.2) is 0 Å². The Morgan fingerprint density at radius 3 is 1.80 bits per heavy atom. The molecule has 20 heavy (non-hydrogen) atoms. The van der Waals surface area contributed by atoms with Gasteiger partial charge in [-0.25, -0.2) is 0 Å². The molecule has 3 nitrogen and oxygen atoms in total. The summed E-state index contributed by atoms with van der Waals surface area (Å²) in [4.78, 5) is 2.71. The largest absolute Gasteiger partial charge is 0.378 e. The van der Waals surface area contributed by atoms with Crippen LogP contribution in [0.4, 0.5) is 0 Å². The fraction of sp³-hybridized carbons (Fsp3) is 1.00. The van der Waals surface area contributed by atoms with Gasteiger partial charge in [-0.3, -0.25) is 4.90 Å². The zero-order valence-electron chi connectivity index (χ0n) is 12.6. The van der Waals surface area contributed by atoms with E-state index in [9.17, 15) is 0 Å². The zero-order chi connectivity index (χ0) is 13.9. The maximum Gasteiger partial charge on any atom is 0.0700 e. The SMILES string of the molecule is C1CCCC(N2CSCCOCCOCCSC2)CC1. The molecule has 1 heterocycles. The van der Waals surface area contributed by atoms with Crippen LogP contribution in [0.25, 0.3) is 0 Å². The van der Waals surface area contributed by atoms with Gasteiger partial charge in [-0.2, -0.15) is 0 Å². The van der Waals surface area contributed by atoms with Crippen LogP contribution in [0.3, 0.4) is 0 Å². The van der Waals surface area contributed by atoms with Crippen molar-refractivity contribution in [3.8, 4) is 0 Å². The second-order valence-electron chi connectivity index (χ2n) is 5.53. The zero-order valence-corrected chi connectivity index (χ0v) is 14.2. The van der Waals surface area contributed by atoms with Crippen LogP contribution in [-0.4, -0.2) is 60.6 Å². The first-order chi connectivity index (χ1) is 9.97. The molecule has 1 aliphatic heterocycles. The van der Waals surface area contributed by atoms with Gasteiger partial charge in [0.1, 0.15) is 0 Å². The maximum absolute atomic E-state index is 5.58. The fourth-order valence-corrected chi connectivity index (χ4v) is 4.71. The summed E-state index contributed by atoms with van der Waals surface area (Å²) in [7, 11) is 0. The first kappa shape index (κ1) is 16.9. The number of hydrogen-bond acceptors (Lipinski definition) is 5. The molecule has 2 aliphatic rings. The van der Waals surface area contributed by atoms with Crippen LogP contribution >= 0.6 is 23.5 Å². The Morgan fingerprint density at radius 1 is 0.700 bits per heavy atom. The first-order valence-corrected chi connectivity index (χ1v) is 10.3. The van der Waals surface area contributed by atoms with Crippen molar-refractivity contribution in [2.75, 3.05) is 49.7 Å². The topological polar surface area (TPSA) is 21.7 Å². The van der Waals surface area contributed by atoms with E-state index < -0.39 is 0 Å². The molecule has 0 N–H and O–H groups in total. The lowest BCUT2D eigenvalue weighted by Crippen LogP contribution is -2.35. The summed E-state index contributed by atoms with van der Waals surface area (Å²) in [6.07, 6.45) is 8.51. The smallest absolute Gasteiger partial charge is 0.0700 e. The number of hydrogen-bond donors (Lipinski definition) is 0. The average molecular weight is 320 g/mol. The van der Waals surface area contributed by atoms with Gasteiger partial charge in [0, 0.05) is 29.3 Å². The Hall–Kier alpha value is 0.580. The van der Waals surface area contributed by atoms with Gasteiger partial charge in [-0.15, -0.1) is 23.5 Å². The van der Waals surface area contributed by atoms with Crippen molar-refractivity contribution in [3.05, 3.63) is 0 Å². The van der Waals surface area contributed by atoms with Crippen molar-refractivity contribution >= 4 is 23.5 Å². The summed E-state index contributed by atoms with van der Waals surface area (Å²) in [5.74, 6) is 4.55. The van der Waals surface area contributed by atoms with E-state index in [0.717, 1.165) is 44.0 Å². The van der Waals surface area contributed by atoms with Crippen LogP contribution in [0.2, 0.25) is 0 Å². The minimum absolute atomic E-state index is 0.748. The van der Waals surface area contributed by atoms with Crippen molar-refractivity contribution in [2.24, 2.45) is 0 Å². The van der Waals surface area contributed by atoms with E-state index in [1.807, 2.05) is 23.5 Å². The van der Waals surface area contributed by atoms with Gasteiger partial charge in [-0.05, 0) is 12.8 Å². The highest BCUT2D eigenvalue weighted by Gasteiger charge is 2.19. The highest BCUT2D eigenvalue weighted by Crippen LogP contribution is 2.25. The summed E-state index contributed by atoms with van der Waals surface area (Å²) in [6, 6.07) is 0.810. The Kier molecular flexibility index (Phi) is 9.48. The van der Waals surface area contributed by atoms with Gasteiger partial charge in [-0.1, -0.05) is 25.7 Å². The van der Waals surface area contributed by atoms with E-state index in [0.29, 0.717) is 0 Å². The number of ether oxygens (including phenoxy) is 2. The molecule has 0 bridgehead atoms. The molecular formula is C15H29NO2S2. The highest BCUT2D eigenvalue weighted by molar-refractivity contribution is 8.00. The molecule has 0 radical (unpaired) electrons. The molecule has 0 amide bonds. The summed E-state index contributed by atoms with van der Waals surface area (Å²) in [6.45, 7) is 3.22. The van der Waals surface area contributed by atoms with Gasteiger partial charge in [0.2, 0.25) is 0 Å². The Bertz CT molecular complexity index is 222. The molecule has 0 atom stereocenters. The predicted octanol–water partition coefficient (Wildman–Crippen LogP) is 3.44. The van der Waals surface area contributed by atoms with Gasteiger partial charge in [0.25, 0.3) is 0 Å². The third-order valence-electron chi connectivity index (χ3n) is 3.97. The minimum atomic E-state index is 0.748. The van der Waals surface area contributed by atoms with Crippen molar-refractivity contribution in [1.82, 2.24) is 4.90 Å². The van der Waals surface area contributed by atoms with Gasteiger partial charge < -0.3 is 9.47 Å². The highest BCUT2D eigenvalue weighted by atomic mass is 32.2. The molecule has 0 aromatic carbocycles. The molecule has 0 aromatic rings. The molecule has 5 heteroatoms. The van der Waals surface area contributed by atoms with E-state index in [4.69, 9.17) is 9.47 Å². The van der Waals surface area contributed by atoms with Gasteiger partial charge in [0.15, 0.2) is 0 Å². The van der Waals surface area contributed by atoms with E-state index in [-0.39, 0.29) is 0 Å². The van der Waals surface area contributed by atoms with E-state index in [1.54, 1.807) is 0 Å². The summed E-state index contributed by atoms with van der Waals surface area (Å²) >= 11 is 4.06. The number of thioether (sulfide) groups is 2. The van der Waals surface area contributed by atoms with Gasteiger partial charge in [0.05, 0.1) is 26.4 Å². The standard InChI is InChI=1S/C15H29NO2S2/c1-2-4-6-15(5-3-1)16-13-19-11-9-17-7-8-18-10-12-20-14-16/h15H,1-14H2. The average Bonchev–Trinajstić information content (AvgIpc) is 2.73. The molecule has 1 aliphatic carbocycles. The quantitative estimate of drug-likeness (QED) is 0.688. The van der Waals surface area contributed by atoms with Crippen LogP contribution in [0, 0.1) is 0 Å². The van der Waals surface area contributed by atoms with Crippen LogP contribution in [0.1, 0.15) is 38.5 Å². The third kappa shape index (κ3) is 7.03. The second-order valence-corrected chi connectivity index (χ2v) is 7.68. The molecule has 2 fully saturated rings. The Morgan fingerprint density at radius 2 is 1.25 bits per heavy atom. The molecule has 1 saturated heterocycles. The first-order valence-electron chi connectivity index (χ1n) is 8.02. The minimum Gasteiger partial charge on any atom is -0.378 e. The normalized spacial score (nSPS) is 27.0. The summed E-state index contributed by atoms with van der Waals surface area (Å²) in [5.41, 5.74) is 0. The van der Waals surface area contributed by atoms with Crippen LogP contribution < -0.4 is 0 Å². The molecule has 2 rings (SSSR count). The maximum atomic E-state index is 5.58. The molecule has 0 unspecified atom stereocenters. The lowest BCUT2D eigenvalue weighted by molar-refractivity contribution is 0.0605. The molecular weight excluding hydrogens is 290 g/mol. The molecule has 0 aromatic heterocycles. The predicted molar refractivity (Wildman–Crippen MR) is 89.6 cm³/mol. The Balaban J connectivity index is 1.79. The second kappa shape index (κ2) is 11.2. The summed E-state index contributed by atoms with van der Waals surface area (Å²) < 4.78 is 11.2. The monoisotopic (exact) mass is 319 g/mol. The van der Waals surface area contributed by atoms with Crippen molar-refractivity contribution < 1.29 is 9.47 Å². The van der Waals surface area contributed by atoms with Crippen LogP contribution in [-0.2, 0) is 9.47 Å². The number of rotatable bonds is 1. The van der Waals surface area contributed by atoms with Crippen molar-refractivity contribution in [2.45, 2.75) is 44.6 Å². The molecule has 0 spiro atoms. The van der Waals surface area contributed by atoms with Crippen LogP contribution in [0.5, 0.6) is 0 Å². The van der Waals surface area contributed by atoms with E-state index in [1.165, 1.54) is 50.3 Å². The third-order valence-corrected chi connectivity index (χ3v) is 5.91. The molecule has 1 saturated carbocycles.